The first-order valence-electron chi connectivity index (χ1n) is 8.25. The summed E-state index contributed by atoms with van der Waals surface area (Å²) in [5.41, 5.74) is 5.11. The molecule has 0 spiro atoms. The van der Waals surface area contributed by atoms with Crippen molar-refractivity contribution in [1.82, 2.24) is 10.3 Å². The smallest absolute Gasteiger partial charge is 0.407 e. The van der Waals surface area contributed by atoms with Crippen LogP contribution in [0, 0.1) is 0 Å². The summed E-state index contributed by atoms with van der Waals surface area (Å²) < 4.78 is 5.28. The van der Waals surface area contributed by atoms with E-state index in [1.165, 1.54) is 6.20 Å². The number of aromatic nitrogens is 1. The second-order valence-corrected chi connectivity index (χ2v) is 7.14. The van der Waals surface area contributed by atoms with Crippen molar-refractivity contribution in [3.8, 4) is 0 Å². The molecule has 1 aromatic heterocycles. The minimum Gasteiger partial charge on any atom is -0.444 e. The van der Waals surface area contributed by atoms with E-state index in [1.807, 2.05) is 20.8 Å². The zero-order valence-electron chi connectivity index (χ0n) is 14.5. The lowest BCUT2D eigenvalue weighted by Gasteiger charge is -2.30. The number of nitrogens with zero attached hydrogens (tertiary/aromatic N) is 1. The molecule has 4 N–H and O–H groups in total. The van der Waals surface area contributed by atoms with E-state index in [2.05, 4.69) is 15.6 Å². The Morgan fingerprint density at radius 2 is 1.79 bits per heavy atom. The van der Waals surface area contributed by atoms with Gasteiger partial charge in [-0.2, -0.15) is 0 Å². The molecule has 0 atom stereocenters. The lowest BCUT2D eigenvalue weighted by atomic mass is 9.91. The van der Waals surface area contributed by atoms with Crippen molar-refractivity contribution in [2.24, 2.45) is 5.73 Å². The van der Waals surface area contributed by atoms with Crippen LogP contribution < -0.4 is 16.4 Å². The molecule has 1 aromatic rings. The van der Waals surface area contributed by atoms with E-state index in [-0.39, 0.29) is 12.1 Å². The molecule has 0 unspecified atom stereocenters. The Hall–Kier alpha value is -2.31. The van der Waals surface area contributed by atoms with Gasteiger partial charge in [-0.05, 0) is 58.6 Å². The Balaban J connectivity index is 1.76. The summed E-state index contributed by atoms with van der Waals surface area (Å²) in [6.07, 6.45) is 4.74. The number of alkyl carbamates (subject to hydrolysis) is 1. The van der Waals surface area contributed by atoms with E-state index in [1.54, 1.807) is 12.1 Å². The Bertz CT molecular complexity index is 572. The molecule has 132 valence electrons. The topological polar surface area (TPSA) is 106 Å². The molecule has 0 aliphatic heterocycles. The van der Waals surface area contributed by atoms with Gasteiger partial charge in [0.05, 0.1) is 5.56 Å². The molecule has 1 fully saturated rings. The standard InChI is InChI=1S/C17H26N4O3/c1-17(2,3)24-16(23)21-13-7-5-12(6-8-13)20-14-9-4-11(10-19-14)15(18)22/h4,9-10,12-13H,5-8H2,1-3H3,(H2,18,22)(H,19,20)(H,21,23). The van der Waals surface area contributed by atoms with Gasteiger partial charge in [0.25, 0.3) is 0 Å². The normalized spacial score (nSPS) is 21.0. The summed E-state index contributed by atoms with van der Waals surface area (Å²) in [5, 5.41) is 6.28. The van der Waals surface area contributed by atoms with Crippen LogP contribution in [-0.2, 0) is 4.74 Å². The van der Waals surface area contributed by atoms with Gasteiger partial charge >= 0.3 is 6.09 Å². The molecule has 1 aliphatic carbocycles. The summed E-state index contributed by atoms with van der Waals surface area (Å²) in [4.78, 5) is 27.0. The number of anilines is 1. The summed E-state index contributed by atoms with van der Waals surface area (Å²) in [6, 6.07) is 3.86. The Labute approximate surface area is 142 Å². The van der Waals surface area contributed by atoms with Crippen molar-refractivity contribution >= 4 is 17.8 Å². The van der Waals surface area contributed by atoms with E-state index in [0.717, 1.165) is 31.5 Å². The van der Waals surface area contributed by atoms with E-state index >= 15 is 0 Å². The summed E-state index contributed by atoms with van der Waals surface area (Å²) in [5.74, 6) is 0.242. The number of nitrogens with one attached hydrogen (secondary N) is 2. The molecule has 2 amide bonds. The van der Waals surface area contributed by atoms with Crippen LogP contribution >= 0.6 is 0 Å². The van der Waals surface area contributed by atoms with Crippen LogP contribution in [0.15, 0.2) is 18.3 Å². The van der Waals surface area contributed by atoms with Crippen LogP contribution in [0.1, 0.15) is 56.8 Å². The number of nitrogens with two attached hydrogens (primary N) is 1. The van der Waals surface area contributed by atoms with Gasteiger partial charge in [0.15, 0.2) is 0 Å². The lowest BCUT2D eigenvalue weighted by Crippen LogP contribution is -2.42. The fraction of sp³-hybridized carbons (Fsp3) is 0.588. The van der Waals surface area contributed by atoms with Crippen LogP contribution in [0.5, 0.6) is 0 Å². The zero-order chi connectivity index (χ0) is 17.7. The highest BCUT2D eigenvalue weighted by molar-refractivity contribution is 5.92. The van der Waals surface area contributed by atoms with Crippen molar-refractivity contribution in [2.75, 3.05) is 5.32 Å². The minimum absolute atomic E-state index is 0.142. The molecular formula is C17H26N4O3. The van der Waals surface area contributed by atoms with Gasteiger partial charge in [-0.1, -0.05) is 0 Å². The minimum atomic E-state index is -0.484. The van der Waals surface area contributed by atoms with E-state index in [9.17, 15) is 9.59 Å². The van der Waals surface area contributed by atoms with Crippen LogP contribution in [0.4, 0.5) is 10.6 Å². The molecule has 0 saturated heterocycles. The fourth-order valence-corrected chi connectivity index (χ4v) is 2.69. The molecule has 7 heteroatoms. The maximum Gasteiger partial charge on any atom is 0.407 e. The maximum atomic E-state index is 11.8. The number of pyridine rings is 1. The highest BCUT2D eigenvalue weighted by Gasteiger charge is 2.24. The second kappa shape index (κ2) is 7.51. The number of carbonyl (C=O) groups excluding carboxylic acids is 2. The first-order chi connectivity index (χ1) is 11.2. The van der Waals surface area contributed by atoms with Gasteiger partial charge in [0.1, 0.15) is 11.4 Å². The molecule has 2 rings (SSSR count). The van der Waals surface area contributed by atoms with Crippen molar-refractivity contribution in [1.29, 1.82) is 0 Å². The van der Waals surface area contributed by atoms with Gasteiger partial charge in [-0.3, -0.25) is 4.79 Å². The maximum absolute atomic E-state index is 11.8. The molecule has 1 aliphatic rings. The molecule has 0 aromatic carbocycles. The van der Waals surface area contributed by atoms with Crippen LogP contribution in [-0.4, -0.2) is 34.7 Å². The average molecular weight is 334 g/mol. The number of amides is 2. The van der Waals surface area contributed by atoms with Crippen LogP contribution in [0.25, 0.3) is 0 Å². The number of carbonyl (C=O) groups is 2. The third kappa shape index (κ3) is 5.72. The SMILES string of the molecule is CC(C)(C)OC(=O)NC1CCC(Nc2ccc(C(N)=O)cn2)CC1. The number of primary amides is 1. The van der Waals surface area contributed by atoms with Crippen molar-refractivity contribution in [3.63, 3.8) is 0 Å². The molecule has 0 bridgehead atoms. The summed E-state index contributed by atoms with van der Waals surface area (Å²) >= 11 is 0. The molecular weight excluding hydrogens is 308 g/mol. The molecule has 24 heavy (non-hydrogen) atoms. The second-order valence-electron chi connectivity index (χ2n) is 7.14. The number of hydrogen-bond acceptors (Lipinski definition) is 5. The van der Waals surface area contributed by atoms with Gasteiger partial charge < -0.3 is 21.1 Å². The predicted octanol–water partition coefficient (Wildman–Crippen LogP) is 2.43. The lowest BCUT2D eigenvalue weighted by molar-refractivity contribution is 0.0492. The number of hydrogen-bond donors (Lipinski definition) is 3. The third-order valence-electron chi connectivity index (χ3n) is 3.85. The highest BCUT2D eigenvalue weighted by Crippen LogP contribution is 2.22. The highest BCUT2D eigenvalue weighted by atomic mass is 16.6. The number of ether oxygens (including phenoxy) is 1. The van der Waals surface area contributed by atoms with Crippen molar-refractivity contribution in [3.05, 3.63) is 23.9 Å². The van der Waals surface area contributed by atoms with Gasteiger partial charge in [-0.15, -0.1) is 0 Å². The van der Waals surface area contributed by atoms with E-state index in [0.29, 0.717) is 11.6 Å². The van der Waals surface area contributed by atoms with E-state index in [4.69, 9.17) is 10.5 Å². The van der Waals surface area contributed by atoms with Crippen LogP contribution in [0.3, 0.4) is 0 Å². The summed E-state index contributed by atoms with van der Waals surface area (Å²) in [7, 11) is 0. The first kappa shape index (κ1) is 18.0. The fourth-order valence-electron chi connectivity index (χ4n) is 2.69. The van der Waals surface area contributed by atoms with Gasteiger partial charge in [0.2, 0.25) is 5.91 Å². The Kier molecular flexibility index (Phi) is 5.64. The van der Waals surface area contributed by atoms with Gasteiger partial charge in [-0.25, -0.2) is 9.78 Å². The van der Waals surface area contributed by atoms with E-state index < -0.39 is 11.5 Å². The molecule has 1 heterocycles. The van der Waals surface area contributed by atoms with Gasteiger partial charge in [0, 0.05) is 18.3 Å². The predicted molar refractivity (Wildman–Crippen MR) is 91.8 cm³/mol. The monoisotopic (exact) mass is 334 g/mol. The Morgan fingerprint density at radius 1 is 1.17 bits per heavy atom. The van der Waals surface area contributed by atoms with Crippen molar-refractivity contribution in [2.45, 2.75) is 64.1 Å². The quantitative estimate of drug-likeness (QED) is 0.784. The van der Waals surface area contributed by atoms with Crippen molar-refractivity contribution < 1.29 is 14.3 Å². The average Bonchev–Trinajstić information content (AvgIpc) is 2.48. The molecule has 1 saturated carbocycles. The molecule has 7 nitrogen and oxygen atoms in total. The Morgan fingerprint density at radius 3 is 2.29 bits per heavy atom. The largest absolute Gasteiger partial charge is 0.444 e. The summed E-state index contributed by atoms with van der Waals surface area (Å²) in [6.45, 7) is 5.55. The van der Waals surface area contributed by atoms with Crippen LogP contribution in [0.2, 0.25) is 0 Å². The first-order valence-corrected chi connectivity index (χ1v) is 8.25. The number of rotatable bonds is 4. The third-order valence-corrected chi connectivity index (χ3v) is 3.85. The zero-order valence-corrected chi connectivity index (χ0v) is 14.5. The molecule has 0 radical (unpaired) electrons.